The van der Waals surface area contributed by atoms with Crippen LogP contribution >= 0.6 is 24.0 Å². The highest BCUT2D eigenvalue weighted by Crippen LogP contribution is 2.19. The van der Waals surface area contributed by atoms with Crippen LogP contribution in [0.25, 0.3) is 11.4 Å². The molecule has 0 radical (unpaired) electrons. The van der Waals surface area contributed by atoms with Crippen molar-refractivity contribution in [2.24, 2.45) is 0 Å². The molecule has 1 aliphatic heterocycles. The van der Waals surface area contributed by atoms with Gasteiger partial charge in [-0.15, -0.1) is 24.0 Å². The van der Waals surface area contributed by atoms with Gasteiger partial charge in [0.1, 0.15) is 5.88 Å². The topological polar surface area (TPSA) is 62.5 Å². The summed E-state index contributed by atoms with van der Waals surface area (Å²) in [7, 11) is 0. The van der Waals surface area contributed by atoms with E-state index in [1.165, 1.54) is 0 Å². The van der Waals surface area contributed by atoms with Crippen LogP contribution < -0.4 is 0 Å². The molecule has 2 aromatic rings. The molecule has 6 nitrogen and oxygen atoms in total. The first-order valence-electron chi connectivity index (χ1n) is 7.72. The predicted molar refractivity (Wildman–Crippen MR) is 94.6 cm³/mol. The average molecular weight is 371 g/mol. The van der Waals surface area contributed by atoms with Gasteiger partial charge in [0.2, 0.25) is 11.7 Å². The monoisotopic (exact) mass is 370 g/mol. The molecule has 2 heterocycles. The van der Waals surface area contributed by atoms with E-state index in [2.05, 4.69) is 22.0 Å². The van der Waals surface area contributed by atoms with E-state index in [4.69, 9.17) is 16.1 Å². The van der Waals surface area contributed by atoms with Gasteiger partial charge in [0, 0.05) is 37.3 Å². The molecular formula is C16H20Cl2N4O2. The van der Waals surface area contributed by atoms with Crippen molar-refractivity contribution in [1.82, 2.24) is 19.9 Å². The first kappa shape index (κ1) is 18.7. The van der Waals surface area contributed by atoms with Crippen LogP contribution in [-0.2, 0) is 5.88 Å². The quantitative estimate of drug-likeness (QED) is 0.774. The third kappa shape index (κ3) is 4.06. The number of hydrogen-bond acceptors (Lipinski definition) is 5. The summed E-state index contributed by atoms with van der Waals surface area (Å²) in [6.07, 6.45) is 0. The van der Waals surface area contributed by atoms with Crippen LogP contribution in [0.5, 0.6) is 0 Å². The van der Waals surface area contributed by atoms with Crippen LogP contribution in [0.15, 0.2) is 28.8 Å². The smallest absolute Gasteiger partial charge is 0.253 e. The minimum Gasteiger partial charge on any atom is -0.338 e. The third-order valence-corrected chi connectivity index (χ3v) is 4.29. The second-order valence-corrected chi connectivity index (χ2v) is 5.72. The Hall–Kier alpha value is -1.63. The van der Waals surface area contributed by atoms with Gasteiger partial charge in [-0.2, -0.15) is 4.98 Å². The lowest BCUT2D eigenvalue weighted by molar-refractivity contribution is 0.0643. The summed E-state index contributed by atoms with van der Waals surface area (Å²) >= 11 is 5.67. The zero-order chi connectivity index (χ0) is 16.2. The van der Waals surface area contributed by atoms with Gasteiger partial charge in [0.15, 0.2) is 0 Å². The van der Waals surface area contributed by atoms with Crippen LogP contribution in [0, 0.1) is 0 Å². The minimum atomic E-state index is 0. The van der Waals surface area contributed by atoms with E-state index in [0.717, 1.165) is 38.3 Å². The van der Waals surface area contributed by atoms with E-state index in [9.17, 15) is 4.79 Å². The van der Waals surface area contributed by atoms with Crippen LogP contribution in [0.2, 0.25) is 0 Å². The Bertz CT molecular complexity index is 684. The van der Waals surface area contributed by atoms with Gasteiger partial charge in [-0.3, -0.25) is 4.79 Å². The van der Waals surface area contributed by atoms with Crippen molar-refractivity contribution >= 4 is 29.9 Å². The number of carbonyl (C=O) groups is 1. The molecule has 130 valence electrons. The second kappa shape index (κ2) is 8.46. The molecule has 1 aromatic heterocycles. The van der Waals surface area contributed by atoms with Gasteiger partial charge in [0.05, 0.1) is 0 Å². The third-order valence-electron chi connectivity index (χ3n) is 4.06. The van der Waals surface area contributed by atoms with Crippen LogP contribution in [0.1, 0.15) is 23.2 Å². The summed E-state index contributed by atoms with van der Waals surface area (Å²) in [6, 6.07) is 7.31. The number of likely N-dealkylation sites (N-methyl/N-ethyl adjacent to an activating group) is 1. The number of benzene rings is 1. The molecule has 0 spiro atoms. The Balaban J connectivity index is 0.00000208. The summed E-state index contributed by atoms with van der Waals surface area (Å²) < 4.78 is 5.02. The Kier molecular flexibility index (Phi) is 6.60. The van der Waals surface area contributed by atoms with Crippen molar-refractivity contribution in [1.29, 1.82) is 0 Å². The van der Waals surface area contributed by atoms with Gasteiger partial charge >= 0.3 is 0 Å². The van der Waals surface area contributed by atoms with Gasteiger partial charge < -0.3 is 14.3 Å². The summed E-state index contributed by atoms with van der Waals surface area (Å²) in [5.41, 5.74) is 1.40. The fourth-order valence-corrected chi connectivity index (χ4v) is 2.78. The number of halogens is 2. The second-order valence-electron chi connectivity index (χ2n) is 5.45. The zero-order valence-corrected chi connectivity index (χ0v) is 15.0. The fraction of sp³-hybridized carbons (Fsp3) is 0.438. The zero-order valence-electron chi connectivity index (χ0n) is 13.4. The lowest BCUT2D eigenvalue weighted by Crippen LogP contribution is -2.48. The van der Waals surface area contributed by atoms with Crippen molar-refractivity contribution in [3.63, 3.8) is 0 Å². The number of alkyl halides is 1. The minimum absolute atomic E-state index is 0. The molecule has 1 amide bonds. The Labute approximate surface area is 152 Å². The number of carbonyl (C=O) groups excluding carboxylic acids is 1. The lowest BCUT2D eigenvalue weighted by Gasteiger charge is -2.34. The van der Waals surface area contributed by atoms with Crippen LogP contribution in [0.3, 0.4) is 0 Å². The predicted octanol–water partition coefficient (Wildman–Crippen LogP) is 2.67. The maximum absolute atomic E-state index is 12.7. The highest BCUT2D eigenvalue weighted by atomic mass is 35.5. The van der Waals surface area contributed by atoms with Crippen molar-refractivity contribution < 1.29 is 9.32 Å². The molecule has 3 rings (SSSR count). The van der Waals surface area contributed by atoms with Gasteiger partial charge in [-0.25, -0.2) is 0 Å². The highest BCUT2D eigenvalue weighted by molar-refractivity contribution is 6.16. The normalized spacial score (nSPS) is 15.2. The Morgan fingerprint density at radius 2 is 2.04 bits per heavy atom. The van der Waals surface area contributed by atoms with Crippen molar-refractivity contribution in [3.05, 3.63) is 35.7 Å². The molecule has 24 heavy (non-hydrogen) atoms. The first-order chi connectivity index (χ1) is 11.2. The van der Waals surface area contributed by atoms with Gasteiger partial charge in [-0.1, -0.05) is 24.2 Å². The van der Waals surface area contributed by atoms with Crippen molar-refractivity contribution in [2.45, 2.75) is 12.8 Å². The number of piperazine rings is 1. The Morgan fingerprint density at radius 1 is 1.29 bits per heavy atom. The van der Waals surface area contributed by atoms with E-state index < -0.39 is 0 Å². The molecule has 0 atom stereocenters. The summed E-state index contributed by atoms with van der Waals surface area (Å²) in [6.45, 7) is 6.53. The number of hydrogen-bond donors (Lipinski definition) is 0. The SMILES string of the molecule is CCN1CCN(C(=O)c2cccc(-c3noc(CCl)n3)c2)CC1.Cl. The number of aromatic nitrogens is 2. The largest absolute Gasteiger partial charge is 0.338 e. The molecule has 0 saturated carbocycles. The fourth-order valence-electron chi connectivity index (χ4n) is 2.67. The van der Waals surface area contributed by atoms with E-state index in [0.29, 0.717) is 17.3 Å². The number of nitrogens with zero attached hydrogens (tertiary/aromatic N) is 4. The average Bonchev–Trinajstić information content (AvgIpc) is 3.10. The van der Waals surface area contributed by atoms with Crippen LogP contribution in [0.4, 0.5) is 0 Å². The molecule has 1 fully saturated rings. The number of amides is 1. The summed E-state index contributed by atoms with van der Waals surface area (Å²) in [5, 5.41) is 3.89. The van der Waals surface area contributed by atoms with E-state index >= 15 is 0 Å². The van der Waals surface area contributed by atoms with Gasteiger partial charge in [-0.05, 0) is 18.7 Å². The van der Waals surface area contributed by atoms with E-state index in [-0.39, 0.29) is 24.2 Å². The maximum Gasteiger partial charge on any atom is 0.253 e. The molecule has 0 aliphatic carbocycles. The van der Waals surface area contributed by atoms with E-state index in [1.807, 2.05) is 23.1 Å². The molecule has 1 aliphatic rings. The van der Waals surface area contributed by atoms with Crippen molar-refractivity contribution in [2.75, 3.05) is 32.7 Å². The van der Waals surface area contributed by atoms with E-state index in [1.54, 1.807) is 6.07 Å². The summed E-state index contributed by atoms with van der Waals surface area (Å²) in [4.78, 5) is 21.1. The lowest BCUT2D eigenvalue weighted by atomic mass is 10.1. The highest BCUT2D eigenvalue weighted by Gasteiger charge is 2.21. The molecule has 0 unspecified atom stereocenters. The molecular weight excluding hydrogens is 351 g/mol. The Morgan fingerprint density at radius 3 is 2.67 bits per heavy atom. The standard InChI is InChI=1S/C16H19ClN4O2.ClH/c1-2-20-6-8-21(9-7-20)16(22)13-5-3-4-12(10-13)15-18-14(11-17)23-19-15;/h3-5,10H,2,6-9,11H2,1H3;1H. The number of rotatable bonds is 4. The molecule has 1 aromatic carbocycles. The summed E-state index contributed by atoms with van der Waals surface area (Å²) in [5.74, 6) is 1.04. The molecule has 8 heteroatoms. The first-order valence-corrected chi connectivity index (χ1v) is 8.25. The maximum atomic E-state index is 12.7. The molecule has 0 N–H and O–H groups in total. The molecule has 0 bridgehead atoms. The molecule has 1 saturated heterocycles. The van der Waals surface area contributed by atoms with Gasteiger partial charge in [0.25, 0.3) is 5.91 Å². The van der Waals surface area contributed by atoms with Crippen molar-refractivity contribution in [3.8, 4) is 11.4 Å². The van der Waals surface area contributed by atoms with Crippen LogP contribution in [-0.4, -0.2) is 58.6 Å².